The molecule has 3 aromatic carbocycles. The van der Waals surface area contributed by atoms with Crippen LogP contribution in [0.2, 0.25) is 0 Å². The SMILES string of the molecule is CN(C)C(=O)C=Cc1ccccc1CN1OC2C3OC4(Cc5ccccc5C4)OC3C3CC2(C(=O)N(C)C(Cc2ccccc2)C(=O)NCCO)C1C(=O)O3. The number of nitrogens with zero attached hydrogens (tertiary/aromatic N) is 3. The van der Waals surface area contributed by atoms with Crippen molar-refractivity contribution in [3.05, 3.63) is 113 Å². The van der Waals surface area contributed by atoms with Gasteiger partial charge >= 0.3 is 5.97 Å². The molecule has 3 saturated heterocycles. The van der Waals surface area contributed by atoms with E-state index in [1.165, 1.54) is 20.9 Å². The van der Waals surface area contributed by atoms with Gasteiger partial charge in [0.05, 0.1) is 13.2 Å². The van der Waals surface area contributed by atoms with Crippen LogP contribution in [0.3, 0.4) is 0 Å². The summed E-state index contributed by atoms with van der Waals surface area (Å²) in [7, 11) is 4.92. The fourth-order valence-corrected chi connectivity index (χ4v) is 9.07. The molecule has 1 spiro atoms. The van der Waals surface area contributed by atoms with Gasteiger partial charge in [-0.05, 0) is 33.9 Å². The van der Waals surface area contributed by atoms with E-state index < -0.39 is 65.5 Å². The van der Waals surface area contributed by atoms with Crippen LogP contribution < -0.4 is 5.32 Å². The highest BCUT2D eigenvalue weighted by Crippen LogP contribution is 2.59. The highest BCUT2D eigenvalue weighted by molar-refractivity contribution is 5.96. The van der Waals surface area contributed by atoms with Crippen molar-refractivity contribution < 1.29 is 43.3 Å². The number of hydrogen-bond acceptors (Lipinski definition) is 10. The van der Waals surface area contributed by atoms with Gasteiger partial charge in [-0.15, -0.1) is 0 Å². The number of amides is 3. The second kappa shape index (κ2) is 14.6. The molecule has 288 valence electrons. The van der Waals surface area contributed by atoms with E-state index in [2.05, 4.69) is 5.32 Å². The number of hydroxylamine groups is 2. The van der Waals surface area contributed by atoms with Crippen molar-refractivity contribution in [2.75, 3.05) is 34.3 Å². The van der Waals surface area contributed by atoms with Gasteiger partial charge < -0.3 is 34.4 Å². The summed E-state index contributed by atoms with van der Waals surface area (Å²) in [6, 6.07) is 22.7. The normalized spacial score (nSPS) is 27.7. The Balaban J connectivity index is 1.18. The minimum atomic E-state index is -1.52. The molecular formula is C42H46N4O9. The second-order valence-corrected chi connectivity index (χ2v) is 15.3. The number of rotatable bonds is 11. The zero-order valence-corrected chi connectivity index (χ0v) is 31.1. The van der Waals surface area contributed by atoms with Gasteiger partial charge in [-0.3, -0.25) is 24.0 Å². The molecule has 3 heterocycles. The summed E-state index contributed by atoms with van der Waals surface area (Å²) in [6.07, 6.45) is 1.21. The standard InChI is InChI=1S/C42H46N4O9/c1-44(2)33(48)18-17-27-13-7-10-16-30(27)25-46-36-39(50)52-32-24-42(36,40(51)45(3)31(38(49)43-19-20-47)21-26-11-5-4-6-12-26)37(55-46)35-34(32)53-41(54-35)22-28-14-8-9-15-29(28)23-41/h4-18,31-32,34-37,47H,19-25H2,1-3H3,(H,43,49). The molecule has 5 aliphatic rings. The van der Waals surface area contributed by atoms with Crippen molar-refractivity contribution >= 4 is 29.8 Å². The molecule has 1 saturated carbocycles. The molecule has 0 radical (unpaired) electrons. The third-order valence-electron chi connectivity index (χ3n) is 11.7. The van der Waals surface area contributed by atoms with Crippen LogP contribution in [0.25, 0.3) is 6.08 Å². The van der Waals surface area contributed by atoms with E-state index in [4.69, 9.17) is 19.0 Å². The predicted molar refractivity (Wildman–Crippen MR) is 198 cm³/mol. The van der Waals surface area contributed by atoms with Crippen LogP contribution in [0.4, 0.5) is 0 Å². The molecule has 2 N–H and O–H groups in total. The third kappa shape index (κ3) is 6.53. The number of carbonyl (C=O) groups excluding carboxylic acids is 4. The number of ether oxygens (including phenoxy) is 3. The van der Waals surface area contributed by atoms with Crippen LogP contribution in [-0.2, 0) is 64.0 Å². The number of nitrogens with one attached hydrogen (secondary N) is 1. The van der Waals surface area contributed by atoms with Crippen LogP contribution in [0.5, 0.6) is 0 Å². The lowest BCUT2D eigenvalue weighted by atomic mass is 9.62. The largest absolute Gasteiger partial charge is 0.458 e. The van der Waals surface area contributed by atoms with E-state index in [0.717, 1.165) is 27.8 Å². The summed E-state index contributed by atoms with van der Waals surface area (Å²) >= 11 is 0. The van der Waals surface area contributed by atoms with Crippen molar-refractivity contribution in [2.24, 2.45) is 5.41 Å². The van der Waals surface area contributed by atoms with Gasteiger partial charge in [-0.2, -0.15) is 5.06 Å². The number of aliphatic hydroxyl groups excluding tert-OH is 1. The van der Waals surface area contributed by atoms with Crippen LogP contribution >= 0.6 is 0 Å². The second-order valence-electron chi connectivity index (χ2n) is 15.3. The highest BCUT2D eigenvalue weighted by atomic mass is 16.8. The topological polar surface area (TPSA) is 147 Å². The van der Waals surface area contributed by atoms with Crippen LogP contribution in [-0.4, -0.2) is 120 Å². The lowest BCUT2D eigenvalue weighted by Crippen LogP contribution is -2.70. The molecule has 7 atom stereocenters. The molecular weight excluding hydrogens is 704 g/mol. The van der Waals surface area contributed by atoms with Crippen molar-refractivity contribution in [3.63, 3.8) is 0 Å². The van der Waals surface area contributed by atoms with E-state index in [9.17, 15) is 19.5 Å². The van der Waals surface area contributed by atoms with Gasteiger partial charge in [-0.25, -0.2) is 0 Å². The maximum absolute atomic E-state index is 15.5. The Labute approximate surface area is 319 Å². The smallest absolute Gasteiger partial charge is 0.327 e. The minimum absolute atomic E-state index is 0.0151. The van der Waals surface area contributed by atoms with E-state index in [0.29, 0.717) is 12.8 Å². The molecule has 7 unspecified atom stereocenters. The Hall–Kier alpha value is -4.92. The van der Waals surface area contributed by atoms with Crippen LogP contribution in [0.1, 0.15) is 34.2 Å². The summed E-state index contributed by atoms with van der Waals surface area (Å²) in [4.78, 5) is 65.8. The number of aliphatic hydroxyl groups is 1. The van der Waals surface area contributed by atoms with Crippen LogP contribution in [0.15, 0.2) is 84.9 Å². The highest BCUT2D eigenvalue weighted by Gasteiger charge is 2.77. The summed E-state index contributed by atoms with van der Waals surface area (Å²) in [5.41, 5.74) is 3.01. The van der Waals surface area contributed by atoms with Crippen molar-refractivity contribution in [2.45, 2.75) is 74.5 Å². The van der Waals surface area contributed by atoms with Gasteiger partial charge in [0.1, 0.15) is 35.9 Å². The molecule has 2 aliphatic carbocycles. The van der Waals surface area contributed by atoms with E-state index in [1.807, 2.05) is 78.9 Å². The van der Waals surface area contributed by atoms with Gasteiger partial charge in [0.15, 0.2) is 11.8 Å². The van der Waals surface area contributed by atoms with E-state index in [1.54, 1.807) is 27.2 Å². The molecule has 3 aromatic rings. The zero-order valence-electron chi connectivity index (χ0n) is 31.1. The molecule has 3 amide bonds. The molecule has 3 aliphatic heterocycles. The lowest BCUT2D eigenvalue weighted by Gasteiger charge is -2.50. The van der Waals surface area contributed by atoms with Gasteiger partial charge in [-0.1, -0.05) is 78.9 Å². The average molecular weight is 751 g/mol. The van der Waals surface area contributed by atoms with E-state index >= 15 is 4.79 Å². The molecule has 13 nitrogen and oxygen atoms in total. The van der Waals surface area contributed by atoms with Crippen molar-refractivity contribution in [1.29, 1.82) is 0 Å². The van der Waals surface area contributed by atoms with Crippen LogP contribution in [0, 0.1) is 5.41 Å². The summed E-state index contributed by atoms with van der Waals surface area (Å²) in [6.45, 7) is -0.172. The molecule has 55 heavy (non-hydrogen) atoms. The number of esters is 1. The Kier molecular flexibility index (Phi) is 9.85. The Morgan fingerprint density at radius 3 is 2.33 bits per heavy atom. The Bertz CT molecular complexity index is 1980. The quantitative estimate of drug-likeness (QED) is 0.221. The fraction of sp³-hybridized carbons (Fsp3) is 0.429. The van der Waals surface area contributed by atoms with E-state index in [-0.39, 0.29) is 38.4 Å². The monoisotopic (exact) mass is 750 g/mol. The number of likely N-dealkylation sites (N-methyl/N-ethyl adjacent to an activating group) is 2. The Morgan fingerprint density at radius 1 is 0.945 bits per heavy atom. The molecule has 0 aromatic heterocycles. The average Bonchev–Trinajstić information content (AvgIpc) is 3.86. The van der Waals surface area contributed by atoms with Crippen molar-refractivity contribution in [3.8, 4) is 0 Å². The number of benzene rings is 3. The summed E-state index contributed by atoms with van der Waals surface area (Å²) in [5.74, 6) is -2.72. The first-order valence-corrected chi connectivity index (χ1v) is 18.8. The molecule has 8 rings (SSSR count). The third-order valence-corrected chi connectivity index (χ3v) is 11.7. The first kappa shape index (κ1) is 37.0. The maximum atomic E-state index is 15.5. The summed E-state index contributed by atoms with van der Waals surface area (Å²) < 4.78 is 19.9. The Morgan fingerprint density at radius 2 is 1.62 bits per heavy atom. The fourth-order valence-electron chi connectivity index (χ4n) is 9.07. The van der Waals surface area contributed by atoms with Gasteiger partial charge in [0.2, 0.25) is 17.7 Å². The lowest BCUT2D eigenvalue weighted by molar-refractivity contribution is -0.218. The van der Waals surface area contributed by atoms with Crippen molar-refractivity contribution in [1.82, 2.24) is 20.2 Å². The zero-order chi connectivity index (χ0) is 38.5. The molecule has 13 heteroatoms. The van der Waals surface area contributed by atoms with Gasteiger partial charge in [0, 0.05) is 59.4 Å². The summed E-state index contributed by atoms with van der Waals surface area (Å²) in [5, 5.41) is 13.8. The number of hydrogen-bond donors (Lipinski definition) is 2. The first-order valence-electron chi connectivity index (χ1n) is 18.8. The number of fused-ring (bicyclic) bond motifs is 5. The predicted octanol–water partition coefficient (Wildman–Crippen LogP) is 2.05. The molecule has 2 bridgehead atoms. The molecule has 4 fully saturated rings. The number of carbonyl (C=O) groups is 4. The first-order chi connectivity index (χ1) is 26.5. The van der Waals surface area contributed by atoms with Gasteiger partial charge in [0.25, 0.3) is 0 Å². The minimum Gasteiger partial charge on any atom is -0.458 e. The maximum Gasteiger partial charge on any atom is 0.327 e.